The monoisotopic (exact) mass is 528 g/mol. The van der Waals surface area contributed by atoms with Crippen molar-refractivity contribution in [2.75, 3.05) is 19.6 Å². The minimum absolute atomic E-state index is 0.0201. The van der Waals surface area contributed by atoms with Gasteiger partial charge in [0.15, 0.2) is 12.3 Å². The molecule has 3 amide bonds. The molecular formula is C29H44N4O5. The van der Waals surface area contributed by atoms with Gasteiger partial charge in [0.25, 0.3) is 5.91 Å². The summed E-state index contributed by atoms with van der Waals surface area (Å²) in [6, 6.07) is 8.83. The zero-order chi connectivity index (χ0) is 27.4. The number of fused-ring (bicyclic) bond motifs is 1. The van der Waals surface area contributed by atoms with E-state index in [0.29, 0.717) is 19.4 Å². The van der Waals surface area contributed by atoms with Gasteiger partial charge in [-0.15, -0.1) is 0 Å². The highest BCUT2D eigenvalue weighted by Gasteiger charge is 2.55. The molecule has 1 N–H and O–H groups in total. The molecule has 3 fully saturated rings. The number of hydroxylamine groups is 2. The lowest BCUT2D eigenvalue weighted by molar-refractivity contribution is -0.271. The highest BCUT2D eigenvalue weighted by molar-refractivity contribution is 5.92. The van der Waals surface area contributed by atoms with Gasteiger partial charge in [-0.1, -0.05) is 77.8 Å². The Morgan fingerprint density at radius 2 is 1.84 bits per heavy atom. The standard InChI is InChI=1S/C29H44N4O5/c1-6-20(7-2)15-24-27(35)32-23(16-29(3,4)5)26(34)31(22-13-14-30-17-22)18-25(32)33(38-24)28(36)37-19-21-11-9-8-10-12-21/h8-12,20,22-25,30H,6-7,13-19H2,1-5H3/t22-,23+,24-,25+/m1/s1. The van der Waals surface area contributed by atoms with Crippen molar-refractivity contribution in [2.24, 2.45) is 11.3 Å². The third-order valence-corrected chi connectivity index (χ3v) is 7.99. The maximum absolute atomic E-state index is 14.0. The van der Waals surface area contributed by atoms with Crippen LogP contribution in [0.5, 0.6) is 0 Å². The van der Waals surface area contributed by atoms with E-state index >= 15 is 0 Å². The Labute approximate surface area is 226 Å². The zero-order valence-electron chi connectivity index (χ0n) is 23.5. The second-order valence-corrected chi connectivity index (χ2v) is 12.0. The first-order valence-corrected chi connectivity index (χ1v) is 14.1. The van der Waals surface area contributed by atoms with Gasteiger partial charge in [0.2, 0.25) is 5.91 Å². The summed E-state index contributed by atoms with van der Waals surface area (Å²) in [6.07, 6.45) is 1.41. The fourth-order valence-corrected chi connectivity index (χ4v) is 5.79. The Hall–Kier alpha value is -2.65. The Morgan fingerprint density at radius 3 is 2.45 bits per heavy atom. The number of ether oxygens (including phenoxy) is 1. The molecule has 4 atom stereocenters. The molecule has 9 heteroatoms. The molecule has 3 aliphatic heterocycles. The molecule has 0 radical (unpaired) electrons. The number of carbonyl (C=O) groups is 3. The van der Waals surface area contributed by atoms with Crippen LogP contribution in [0.15, 0.2) is 30.3 Å². The first-order chi connectivity index (χ1) is 18.1. The van der Waals surface area contributed by atoms with E-state index in [9.17, 15) is 14.4 Å². The highest BCUT2D eigenvalue weighted by atomic mass is 16.7. The van der Waals surface area contributed by atoms with Crippen LogP contribution in [0.1, 0.15) is 72.3 Å². The van der Waals surface area contributed by atoms with Crippen LogP contribution in [-0.2, 0) is 25.8 Å². The molecule has 0 aliphatic carbocycles. The van der Waals surface area contributed by atoms with Crippen molar-refractivity contribution < 1.29 is 24.0 Å². The molecule has 1 aromatic carbocycles. The maximum atomic E-state index is 14.0. The third-order valence-electron chi connectivity index (χ3n) is 7.99. The largest absolute Gasteiger partial charge is 0.443 e. The van der Waals surface area contributed by atoms with Gasteiger partial charge in [-0.2, -0.15) is 5.06 Å². The van der Waals surface area contributed by atoms with Crippen molar-refractivity contribution in [2.45, 2.75) is 97.7 Å². The Balaban J connectivity index is 1.67. The van der Waals surface area contributed by atoms with E-state index < -0.39 is 24.4 Å². The minimum atomic E-state index is -0.838. The molecule has 0 unspecified atom stereocenters. The first kappa shape index (κ1) is 28.4. The highest BCUT2D eigenvalue weighted by Crippen LogP contribution is 2.36. The quantitative estimate of drug-likeness (QED) is 0.550. The molecule has 0 spiro atoms. The van der Waals surface area contributed by atoms with Crippen molar-refractivity contribution >= 4 is 17.9 Å². The van der Waals surface area contributed by atoms with Gasteiger partial charge >= 0.3 is 6.09 Å². The molecule has 38 heavy (non-hydrogen) atoms. The number of rotatable bonds is 8. The van der Waals surface area contributed by atoms with Crippen molar-refractivity contribution in [3.63, 3.8) is 0 Å². The first-order valence-electron chi connectivity index (χ1n) is 14.1. The Kier molecular flexibility index (Phi) is 8.98. The number of carbonyl (C=O) groups excluding carboxylic acids is 3. The van der Waals surface area contributed by atoms with Crippen LogP contribution in [-0.4, -0.2) is 76.8 Å². The Morgan fingerprint density at radius 1 is 1.13 bits per heavy atom. The number of piperazine rings is 1. The lowest BCUT2D eigenvalue weighted by Gasteiger charge is -2.54. The van der Waals surface area contributed by atoms with Crippen LogP contribution in [0.3, 0.4) is 0 Å². The van der Waals surface area contributed by atoms with E-state index in [-0.39, 0.29) is 42.3 Å². The maximum Gasteiger partial charge on any atom is 0.436 e. The normalized spacial score (nSPS) is 26.2. The van der Waals surface area contributed by atoms with Crippen LogP contribution in [0, 0.1) is 11.3 Å². The number of benzene rings is 1. The van der Waals surface area contributed by atoms with Gasteiger partial charge in [0.1, 0.15) is 12.6 Å². The molecular weight excluding hydrogens is 484 g/mol. The average molecular weight is 529 g/mol. The minimum Gasteiger partial charge on any atom is -0.443 e. The average Bonchev–Trinajstić information content (AvgIpc) is 3.43. The van der Waals surface area contributed by atoms with E-state index in [0.717, 1.165) is 31.4 Å². The number of nitrogens with zero attached hydrogens (tertiary/aromatic N) is 3. The van der Waals surface area contributed by atoms with Crippen molar-refractivity contribution in [3.05, 3.63) is 35.9 Å². The fraction of sp³-hybridized carbons (Fsp3) is 0.690. The summed E-state index contributed by atoms with van der Waals surface area (Å²) in [5, 5.41) is 4.58. The van der Waals surface area contributed by atoms with E-state index in [1.165, 1.54) is 5.06 Å². The van der Waals surface area contributed by atoms with Crippen molar-refractivity contribution in [3.8, 4) is 0 Å². The third kappa shape index (κ3) is 6.31. The summed E-state index contributed by atoms with van der Waals surface area (Å²) in [7, 11) is 0. The molecule has 3 aliphatic rings. The van der Waals surface area contributed by atoms with Gasteiger partial charge in [-0.05, 0) is 42.7 Å². The summed E-state index contributed by atoms with van der Waals surface area (Å²) in [5.41, 5.74) is 0.659. The molecule has 1 aromatic rings. The molecule has 0 saturated carbocycles. The van der Waals surface area contributed by atoms with Gasteiger partial charge < -0.3 is 19.9 Å². The zero-order valence-corrected chi connectivity index (χ0v) is 23.5. The molecule has 4 rings (SSSR count). The smallest absolute Gasteiger partial charge is 0.436 e. The molecule has 0 bridgehead atoms. The van der Waals surface area contributed by atoms with Crippen LogP contribution in [0.25, 0.3) is 0 Å². The van der Waals surface area contributed by atoms with Gasteiger partial charge in [0, 0.05) is 12.6 Å². The van der Waals surface area contributed by atoms with E-state index in [2.05, 4.69) is 39.9 Å². The molecule has 3 saturated heterocycles. The van der Waals surface area contributed by atoms with Crippen LogP contribution >= 0.6 is 0 Å². The fourth-order valence-electron chi connectivity index (χ4n) is 5.79. The predicted molar refractivity (Wildman–Crippen MR) is 144 cm³/mol. The Bertz CT molecular complexity index is 971. The lowest BCUT2D eigenvalue weighted by atomic mass is 9.85. The van der Waals surface area contributed by atoms with Crippen LogP contribution < -0.4 is 5.32 Å². The molecule has 3 heterocycles. The summed E-state index contributed by atoms with van der Waals surface area (Å²) < 4.78 is 5.69. The molecule has 9 nitrogen and oxygen atoms in total. The summed E-state index contributed by atoms with van der Waals surface area (Å²) in [6.45, 7) is 12.2. The summed E-state index contributed by atoms with van der Waals surface area (Å²) in [5.74, 6) is 0.0186. The molecule has 210 valence electrons. The van der Waals surface area contributed by atoms with E-state index in [1.54, 1.807) is 4.90 Å². The second kappa shape index (κ2) is 12.0. The second-order valence-electron chi connectivity index (χ2n) is 12.0. The van der Waals surface area contributed by atoms with Gasteiger partial charge in [0.05, 0.1) is 6.54 Å². The number of hydrogen-bond acceptors (Lipinski definition) is 6. The van der Waals surface area contributed by atoms with Crippen LogP contribution in [0.4, 0.5) is 4.79 Å². The van der Waals surface area contributed by atoms with Gasteiger partial charge in [-0.3, -0.25) is 14.4 Å². The number of nitrogens with one attached hydrogen (secondary N) is 1. The predicted octanol–water partition coefficient (Wildman–Crippen LogP) is 3.93. The van der Waals surface area contributed by atoms with Crippen LogP contribution in [0.2, 0.25) is 0 Å². The summed E-state index contributed by atoms with van der Waals surface area (Å²) in [4.78, 5) is 51.2. The van der Waals surface area contributed by atoms with E-state index in [1.807, 2.05) is 35.2 Å². The SMILES string of the molecule is CCC(CC)C[C@H]1ON(C(=O)OCc2ccccc2)[C@H]2CN([C@@H]3CCNC3)C(=O)[C@H](CC(C)(C)C)N2C1=O. The lowest BCUT2D eigenvalue weighted by Crippen LogP contribution is -2.74. The van der Waals surface area contributed by atoms with E-state index in [4.69, 9.17) is 9.57 Å². The number of amides is 3. The van der Waals surface area contributed by atoms with Crippen molar-refractivity contribution in [1.29, 1.82) is 0 Å². The van der Waals surface area contributed by atoms with Gasteiger partial charge in [-0.25, -0.2) is 4.79 Å². The molecule has 0 aromatic heterocycles. The topological polar surface area (TPSA) is 91.4 Å². The van der Waals surface area contributed by atoms with Crippen molar-refractivity contribution in [1.82, 2.24) is 20.2 Å². The summed E-state index contributed by atoms with van der Waals surface area (Å²) >= 11 is 0. The number of hydrogen-bond donors (Lipinski definition) is 1.